The first kappa shape index (κ1) is 21.1. The van der Waals surface area contributed by atoms with E-state index in [4.69, 9.17) is 9.72 Å². The Morgan fingerprint density at radius 2 is 1.76 bits per heavy atom. The van der Waals surface area contributed by atoms with Crippen LogP contribution in [0.2, 0.25) is 0 Å². The number of benzene rings is 2. The number of carbonyl (C=O) groups is 1. The second-order valence-corrected chi connectivity index (χ2v) is 8.79. The van der Waals surface area contributed by atoms with Gasteiger partial charge in [0.15, 0.2) is 6.61 Å². The van der Waals surface area contributed by atoms with Crippen LogP contribution in [0.3, 0.4) is 0 Å². The number of aryl methyl sites for hydroxylation is 1. The molecule has 33 heavy (non-hydrogen) atoms. The summed E-state index contributed by atoms with van der Waals surface area (Å²) in [7, 11) is 0. The summed E-state index contributed by atoms with van der Waals surface area (Å²) in [5, 5.41) is 5.25. The zero-order valence-corrected chi connectivity index (χ0v) is 19.0. The Morgan fingerprint density at radius 1 is 1.03 bits per heavy atom. The molecule has 8 nitrogen and oxygen atoms in total. The first-order valence-electron chi connectivity index (χ1n) is 10.8. The van der Waals surface area contributed by atoms with E-state index in [-0.39, 0.29) is 18.1 Å². The zero-order chi connectivity index (χ0) is 22.8. The highest BCUT2D eigenvalue weighted by Gasteiger charge is 2.23. The van der Waals surface area contributed by atoms with Crippen molar-refractivity contribution in [2.24, 2.45) is 0 Å². The van der Waals surface area contributed by atoms with Gasteiger partial charge in [-0.2, -0.15) is 9.61 Å². The summed E-state index contributed by atoms with van der Waals surface area (Å²) in [6.07, 6.45) is 0. The molecule has 0 aliphatic carbocycles. The van der Waals surface area contributed by atoms with Gasteiger partial charge in [0.1, 0.15) is 16.6 Å². The molecule has 3 heterocycles. The number of piperazine rings is 1. The van der Waals surface area contributed by atoms with E-state index in [1.807, 2.05) is 66.4 Å². The summed E-state index contributed by atoms with van der Waals surface area (Å²) in [5.41, 5.74) is 1.89. The molecule has 0 unspecified atom stereocenters. The summed E-state index contributed by atoms with van der Waals surface area (Å²) in [6, 6.07) is 18.8. The number of aromatic nitrogens is 3. The summed E-state index contributed by atoms with van der Waals surface area (Å²) in [4.78, 5) is 34.3. The second-order valence-electron chi connectivity index (χ2n) is 7.84. The molecular formula is C24H23N5O3S. The number of carbonyl (C=O) groups excluding carboxylic acids is 1. The van der Waals surface area contributed by atoms with Gasteiger partial charge < -0.3 is 14.5 Å². The van der Waals surface area contributed by atoms with E-state index in [2.05, 4.69) is 5.10 Å². The van der Waals surface area contributed by atoms with E-state index in [0.717, 1.165) is 16.1 Å². The van der Waals surface area contributed by atoms with Gasteiger partial charge in [-0.15, -0.1) is 0 Å². The number of rotatable bonds is 5. The molecule has 1 aliphatic heterocycles. The van der Waals surface area contributed by atoms with Crippen LogP contribution in [-0.2, 0) is 4.79 Å². The number of nitrogens with zero attached hydrogens (tertiary/aromatic N) is 5. The first-order valence-corrected chi connectivity index (χ1v) is 11.6. The molecule has 4 aromatic rings. The third-order valence-corrected chi connectivity index (χ3v) is 6.61. The molecule has 0 N–H and O–H groups in total. The van der Waals surface area contributed by atoms with Crippen LogP contribution in [0.15, 0.2) is 65.5 Å². The van der Waals surface area contributed by atoms with E-state index in [1.54, 1.807) is 4.90 Å². The maximum absolute atomic E-state index is 12.7. The third-order valence-electron chi connectivity index (χ3n) is 5.67. The highest BCUT2D eigenvalue weighted by atomic mass is 32.1. The van der Waals surface area contributed by atoms with Gasteiger partial charge in [0.25, 0.3) is 11.5 Å². The minimum atomic E-state index is -0.208. The van der Waals surface area contributed by atoms with E-state index in [0.29, 0.717) is 42.7 Å². The molecule has 0 bridgehead atoms. The van der Waals surface area contributed by atoms with Crippen molar-refractivity contribution in [2.75, 3.05) is 37.7 Å². The molecule has 0 atom stereocenters. The van der Waals surface area contributed by atoms with Crippen molar-refractivity contribution < 1.29 is 9.53 Å². The van der Waals surface area contributed by atoms with Crippen LogP contribution in [0.1, 0.15) is 5.56 Å². The number of anilines is 1. The minimum Gasteiger partial charge on any atom is -0.484 e. The van der Waals surface area contributed by atoms with E-state index in [9.17, 15) is 9.59 Å². The zero-order valence-electron chi connectivity index (χ0n) is 18.2. The van der Waals surface area contributed by atoms with Gasteiger partial charge in [0, 0.05) is 37.8 Å². The molecule has 1 aliphatic rings. The Morgan fingerprint density at radius 3 is 2.52 bits per heavy atom. The molecule has 2 aromatic carbocycles. The van der Waals surface area contributed by atoms with Crippen LogP contribution < -0.4 is 15.2 Å². The van der Waals surface area contributed by atoms with Crippen molar-refractivity contribution in [3.05, 3.63) is 76.6 Å². The second kappa shape index (κ2) is 9.03. The number of ether oxygens (including phenoxy) is 1. The average Bonchev–Trinajstić information content (AvgIpc) is 3.28. The smallest absolute Gasteiger partial charge is 0.277 e. The fraction of sp³-hybridized carbons (Fsp3) is 0.250. The first-order chi connectivity index (χ1) is 16.1. The fourth-order valence-electron chi connectivity index (χ4n) is 3.82. The molecule has 1 amide bonds. The lowest BCUT2D eigenvalue weighted by atomic mass is 10.1. The standard InChI is InChI=1S/C24H23N5O3S/c1-17-7-5-6-10-19(17)23-26-29-21(30)15-20(25-24(29)33-23)27-11-13-28(14-12-27)22(31)16-32-18-8-3-2-4-9-18/h2-10,15H,11-14,16H2,1H3. The summed E-state index contributed by atoms with van der Waals surface area (Å²) < 4.78 is 6.93. The predicted molar refractivity (Wildman–Crippen MR) is 128 cm³/mol. The quantitative estimate of drug-likeness (QED) is 0.455. The molecule has 0 spiro atoms. The molecular weight excluding hydrogens is 438 g/mol. The SMILES string of the molecule is Cc1ccccc1-c1nn2c(=O)cc(N3CCN(C(=O)COc4ccccc4)CC3)nc2s1. The molecule has 1 saturated heterocycles. The van der Waals surface area contributed by atoms with E-state index in [1.165, 1.54) is 21.9 Å². The molecule has 5 rings (SSSR count). The van der Waals surface area contributed by atoms with E-state index < -0.39 is 0 Å². The van der Waals surface area contributed by atoms with Gasteiger partial charge >= 0.3 is 0 Å². The molecule has 168 valence electrons. The van der Waals surface area contributed by atoms with Gasteiger partial charge in [-0.05, 0) is 24.6 Å². The maximum Gasteiger partial charge on any atom is 0.277 e. The number of hydrogen-bond donors (Lipinski definition) is 0. The van der Waals surface area contributed by atoms with Gasteiger partial charge in [-0.1, -0.05) is 53.8 Å². The summed E-state index contributed by atoms with van der Waals surface area (Å²) >= 11 is 1.40. The normalized spacial score (nSPS) is 14.0. The Kier molecular flexibility index (Phi) is 5.78. The van der Waals surface area contributed by atoms with Gasteiger partial charge in [-0.3, -0.25) is 9.59 Å². The van der Waals surface area contributed by atoms with Crippen molar-refractivity contribution in [3.8, 4) is 16.3 Å². The van der Waals surface area contributed by atoms with Crippen molar-refractivity contribution >= 4 is 28.0 Å². The fourth-order valence-corrected chi connectivity index (χ4v) is 4.81. The van der Waals surface area contributed by atoms with Crippen molar-refractivity contribution in [2.45, 2.75) is 6.92 Å². The van der Waals surface area contributed by atoms with Crippen LogP contribution in [0.5, 0.6) is 5.75 Å². The van der Waals surface area contributed by atoms with E-state index >= 15 is 0 Å². The highest BCUT2D eigenvalue weighted by molar-refractivity contribution is 7.19. The number of fused-ring (bicyclic) bond motifs is 1. The Hall–Kier alpha value is -3.72. The van der Waals surface area contributed by atoms with Crippen LogP contribution in [0, 0.1) is 6.92 Å². The van der Waals surface area contributed by atoms with Crippen LogP contribution in [0.25, 0.3) is 15.5 Å². The van der Waals surface area contributed by atoms with Crippen molar-refractivity contribution in [3.63, 3.8) is 0 Å². The molecule has 1 fully saturated rings. The number of amides is 1. The summed E-state index contributed by atoms with van der Waals surface area (Å²) in [5.74, 6) is 1.25. The largest absolute Gasteiger partial charge is 0.484 e. The van der Waals surface area contributed by atoms with Crippen molar-refractivity contribution in [1.29, 1.82) is 0 Å². The lowest BCUT2D eigenvalue weighted by molar-refractivity contribution is -0.133. The minimum absolute atomic E-state index is 0.0120. The van der Waals surface area contributed by atoms with Gasteiger partial charge in [0.2, 0.25) is 4.96 Å². The Bertz CT molecular complexity index is 1340. The highest BCUT2D eigenvalue weighted by Crippen LogP contribution is 2.27. The Labute approximate surface area is 194 Å². The van der Waals surface area contributed by atoms with Crippen LogP contribution in [0.4, 0.5) is 5.82 Å². The Balaban J connectivity index is 1.27. The lowest BCUT2D eigenvalue weighted by Gasteiger charge is -2.35. The summed E-state index contributed by atoms with van der Waals surface area (Å²) in [6.45, 7) is 4.34. The van der Waals surface area contributed by atoms with Crippen LogP contribution >= 0.6 is 11.3 Å². The van der Waals surface area contributed by atoms with Gasteiger partial charge in [0.05, 0.1) is 0 Å². The number of hydrogen-bond acceptors (Lipinski definition) is 7. The lowest BCUT2D eigenvalue weighted by Crippen LogP contribution is -2.50. The molecule has 9 heteroatoms. The van der Waals surface area contributed by atoms with Crippen molar-refractivity contribution in [1.82, 2.24) is 19.5 Å². The molecule has 2 aromatic heterocycles. The van der Waals surface area contributed by atoms with Crippen LogP contribution in [-0.4, -0.2) is 58.2 Å². The number of para-hydroxylation sites is 1. The molecule has 0 saturated carbocycles. The topological polar surface area (TPSA) is 80.0 Å². The third kappa shape index (κ3) is 4.45. The average molecular weight is 462 g/mol. The van der Waals surface area contributed by atoms with Gasteiger partial charge in [-0.25, -0.2) is 4.98 Å². The predicted octanol–water partition coefficient (Wildman–Crippen LogP) is 2.85. The maximum atomic E-state index is 12.7. The monoisotopic (exact) mass is 461 g/mol. The molecule has 0 radical (unpaired) electrons.